The van der Waals surface area contributed by atoms with Crippen molar-refractivity contribution in [3.63, 3.8) is 0 Å². The van der Waals surface area contributed by atoms with Crippen molar-refractivity contribution in [3.8, 4) is 0 Å². The molecule has 1 aromatic carbocycles. The minimum absolute atomic E-state index is 0.189. The summed E-state index contributed by atoms with van der Waals surface area (Å²) in [6.07, 6.45) is 4.29. The van der Waals surface area contributed by atoms with Crippen LogP contribution in [-0.4, -0.2) is 24.5 Å². The standard InChI is InChI=1S/C19H27NO3/c1-4-15-8-10-16(11-9-15)19(22)23-12-18(21)20-17-7-5-6-13(2)14(17)3/h8-11,13-14,17H,4-7,12H2,1-3H3,(H,20,21)/t13-,14-,17+/m1/s1. The van der Waals surface area contributed by atoms with Crippen LogP contribution < -0.4 is 5.32 Å². The second-order valence-electron chi connectivity index (χ2n) is 6.57. The van der Waals surface area contributed by atoms with Gasteiger partial charge in [0.05, 0.1) is 5.56 Å². The molecule has 1 fully saturated rings. The molecule has 1 amide bonds. The number of ether oxygens (including phenoxy) is 1. The van der Waals surface area contributed by atoms with Gasteiger partial charge in [-0.1, -0.05) is 45.7 Å². The highest BCUT2D eigenvalue weighted by molar-refractivity contribution is 5.91. The molecule has 1 saturated carbocycles. The van der Waals surface area contributed by atoms with Gasteiger partial charge in [0, 0.05) is 6.04 Å². The van der Waals surface area contributed by atoms with E-state index < -0.39 is 5.97 Å². The van der Waals surface area contributed by atoms with Gasteiger partial charge >= 0.3 is 5.97 Å². The molecular weight excluding hydrogens is 290 g/mol. The van der Waals surface area contributed by atoms with E-state index >= 15 is 0 Å². The molecule has 0 heterocycles. The summed E-state index contributed by atoms with van der Waals surface area (Å²) in [7, 11) is 0. The Kier molecular flexibility index (Phi) is 6.20. The topological polar surface area (TPSA) is 55.4 Å². The van der Waals surface area contributed by atoms with Crippen molar-refractivity contribution in [2.24, 2.45) is 11.8 Å². The van der Waals surface area contributed by atoms with Crippen LogP contribution >= 0.6 is 0 Å². The summed E-state index contributed by atoms with van der Waals surface area (Å²) in [4.78, 5) is 24.0. The van der Waals surface area contributed by atoms with Gasteiger partial charge in [0.1, 0.15) is 0 Å². The largest absolute Gasteiger partial charge is 0.452 e. The molecule has 1 aromatic rings. The van der Waals surface area contributed by atoms with Gasteiger partial charge < -0.3 is 10.1 Å². The summed E-state index contributed by atoms with van der Waals surface area (Å²) in [5, 5.41) is 3.01. The number of carbonyl (C=O) groups is 2. The SMILES string of the molecule is CCc1ccc(C(=O)OCC(=O)N[C@H]2CCC[C@@H](C)[C@H]2C)cc1. The van der Waals surface area contributed by atoms with E-state index in [1.54, 1.807) is 12.1 Å². The molecule has 4 nitrogen and oxygen atoms in total. The number of amides is 1. The molecule has 1 N–H and O–H groups in total. The Morgan fingerprint density at radius 1 is 1.17 bits per heavy atom. The number of rotatable bonds is 5. The molecule has 0 bridgehead atoms. The van der Waals surface area contributed by atoms with Crippen LogP contribution in [0.3, 0.4) is 0 Å². The van der Waals surface area contributed by atoms with Gasteiger partial charge in [0.2, 0.25) is 0 Å². The minimum atomic E-state index is -0.451. The normalized spacial score (nSPS) is 24.0. The summed E-state index contributed by atoms with van der Waals surface area (Å²) < 4.78 is 5.12. The van der Waals surface area contributed by atoms with E-state index in [2.05, 4.69) is 26.1 Å². The Bertz CT molecular complexity index is 538. The lowest BCUT2D eigenvalue weighted by molar-refractivity contribution is -0.125. The zero-order valence-corrected chi connectivity index (χ0v) is 14.3. The first-order valence-electron chi connectivity index (χ1n) is 8.56. The monoisotopic (exact) mass is 317 g/mol. The number of carbonyl (C=O) groups excluding carboxylic acids is 2. The summed E-state index contributed by atoms with van der Waals surface area (Å²) in [6, 6.07) is 7.48. The Hall–Kier alpha value is -1.84. The van der Waals surface area contributed by atoms with Gasteiger partial charge in [-0.25, -0.2) is 4.79 Å². The smallest absolute Gasteiger partial charge is 0.338 e. The van der Waals surface area contributed by atoms with Crippen molar-refractivity contribution < 1.29 is 14.3 Å². The van der Waals surface area contributed by atoms with Crippen molar-refractivity contribution in [1.82, 2.24) is 5.32 Å². The van der Waals surface area contributed by atoms with Crippen LogP contribution in [-0.2, 0) is 16.0 Å². The number of hydrogen-bond donors (Lipinski definition) is 1. The third-order valence-corrected chi connectivity index (χ3v) is 4.99. The second-order valence-corrected chi connectivity index (χ2v) is 6.57. The number of esters is 1. The lowest BCUT2D eigenvalue weighted by Crippen LogP contribution is -2.45. The zero-order chi connectivity index (χ0) is 16.8. The fourth-order valence-corrected chi connectivity index (χ4v) is 3.13. The third kappa shape index (κ3) is 4.81. The summed E-state index contributed by atoms with van der Waals surface area (Å²) in [6.45, 7) is 6.25. The number of hydrogen-bond acceptors (Lipinski definition) is 3. The first kappa shape index (κ1) is 17.5. The van der Waals surface area contributed by atoms with Gasteiger partial charge in [-0.15, -0.1) is 0 Å². The van der Waals surface area contributed by atoms with Crippen molar-refractivity contribution in [2.75, 3.05) is 6.61 Å². The Balaban J connectivity index is 1.80. The Morgan fingerprint density at radius 2 is 1.87 bits per heavy atom. The lowest BCUT2D eigenvalue weighted by Gasteiger charge is -2.34. The fraction of sp³-hybridized carbons (Fsp3) is 0.579. The molecule has 0 aliphatic heterocycles. The van der Waals surface area contributed by atoms with Crippen LogP contribution in [0.5, 0.6) is 0 Å². The van der Waals surface area contributed by atoms with E-state index in [0.717, 1.165) is 19.3 Å². The van der Waals surface area contributed by atoms with Crippen molar-refractivity contribution in [2.45, 2.75) is 52.5 Å². The van der Waals surface area contributed by atoms with E-state index in [4.69, 9.17) is 4.74 Å². The molecule has 1 aliphatic carbocycles. The van der Waals surface area contributed by atoms with Gasteiger partial charge in [-0.2, -0.15) is 0 Å². The fourth-order valence-electron chi connectivity index (χ4n) is 3.13. The Labute approximate surface area is 138 Å². The second kappa shape index (κ2) is 8.14. The third-order valence-electron chi connectivity index (χ3n) is 4.99. The molecule has 0 radical (unpaired) electrons. The van der Waals surface area contributed by atoms with Crippen molar-refractivity contribution >= 4 is 11.9 Å². The molecule has 2 rings (SSSR count). The highest BCUT2D eigenvalue weighted by Crippen LogP contribution is 2.29. The van der Waals surface area contributed by atoms with Crippen molar-refractivity contribution in [3.05, 3.63) is 35.4 Å². The first-order chi connectivity index (χ1) is 11.0. The minimum Gasteiger partial charge on any atom is -0.452 e. The van der Waals surface area contributed by atoms with Crippen LogP contribution in [0.2, 0.25) is 0 Å². The van der Waals surface area contributed by atoms with E-state index in [9.17, 15) is 9.59 Å². The maximum absolute atomic E-state index is 12.0. The molecule has 0 aromatic heterocycles. The predicted molar refractivity (Wildman–Crippen MR) is 90.2 cm³/mol. The highest BCUT2D eigenvalue weighted by Gasteiger charge is 2.28. The lowest BCUT2D eigenvalue weighted by atomic mass is 9.78. The maximum atomic E-state index is 12.0. The molecule has 1 aliphatic rings. The van der Waals surface area contributed by atoms with E-state index in [-0.39, 0.29) is 18.6 Å². The van der Waals surface area contributed by atoms with Crippen molar-refractivity contribution in [1.29, 1.82) is 0 Å². The molecule has 3 atom stereocenters. The molecule has 4 heteroatoms. The van der Waals surface area contributed by atoms with E-state index in [1.807, 2.05) is 12.1 Å². The van der Waals surface area contributed by atoms with Crippen LogP contribution in [0.4, 0.5) is 0 Å². The zero-order valence-electron chi connectivity index (χ0n) is 14.3. The summed E-state index contributed by atoms with van der Waals surface area (Å²) in [5.41, 5.74) is 1.65. The van der Waals surface area contributed by atoms with Gasteiger partial charge in [-0.3, -0.25) is 4.79 Å². The molecule has 0 spiro atoms. The molecule has 23 heavy (non-hydrogen) atoms. The summed E-state index contributed by atoms with van der Waals surface area (Å²) in [5.74, 6) is 0.418. The first-order valence-corrected chi connectivity index (χ1v) is 8.56. The van der Waals surface area contributed by atoms with Gasteiger partial charge in [-0.05, 0) is 42.4 Å². The average Bonchev–Trinajstić information content (AvgIpc) is 2.57. The summed E-state index contributed by atoms with van der Waals surface area (Å²) >= 11 is 0. The predicted octanol–water partition coefficient (Wildman–Crippen LogP) is 3.35. The Morgan fingerprint density at radius 3 is 2.52 bits per heavy atom. The maximum Gasteiger partial charge on any atom is 0.338 e. The quantitative estimate of drug-likeness (QED) is 0.847. The van der Waals surface area contributed by atoms with Crippen LogP contribution in [0.1, 0.15) is 56.0 Å². The molecule has 0 unspecified atom stereocenters. The number of aryl methyl sites for hydroxylation is 1. The van der Waals surface area contributed by atoms with Crippen LogP contribution in [0.15, 0.2) is 24.3 Å². The van der Waals surface area contributed by atoms with E-state index in [1.165, 1.54) is 12.0 Å². The molecule has 0 saturated heterocycles. The molecular formula is C19H27NO3. The van der Waals surface area contributed by atoms with Crippen LogP contribution in [0.25, 0.3) is 0 Å². The number of benzene rings is 1. The van der Waals surface area contributed by atoms with Gasteiger partial charge in [0.25, 0.3) is 5.91 Å². The van der Waals surface area contributed by atoms with Crippen LogP contribution in [0, 0.1) is 11.8 Å². The van der Waals surface area contributed by atoms with E-state index in [0.29, 0.717) is 17.4 Å². The average molecular weight is 317 g/mol. The number of nitrogens with one attached hydrogen (secondary N) is 1. The molecule has 126 valence electrons. The highest BCUT2D eigenvalue weighted by atomic mass is 16.5. The van der Waals surface area contributed by atoms with Gasteiger partial charge in [0.15, 0.2) is 6.61 Å².